The summed E-state index contributed by atoms with van der Waals surface area (Å²) < 4.78 is 27.8. The van der Waals surface area contributed by atoms with Crippen molar-refractivity contribution in [1.29, 1.82) is 0 Å². The predicted molar refractivity (Wildman–Crippen MR) is 69.8 cm³/mol. The van der Waals surface area contributed by atoms with Crippen LogP contribution in [0.2, 0.25) is 0 Å². The Hall–Kier alpha value is -0.960. The van der Waals surface area contributed by atoms with Crippen molar-refractivity contribution in [2.45, 2.75) is 52.0 Å². The first kappa shape index (κ1) is 13.5. The lowest BCUT2D eigenvalue weighted by Crippen LogP contribution is -2.22. The van der Waals surface area contributed by atoms with Crippen LogP contribution in [0.15, 0.2) is 6.07 Å². The lowest BCUT2D eigenvalue weighted by molar-refractivity contribution is 0.419. The summed E-state index contributed by atoms with van der Waals surface area (Å²) in [5.74, 6) is -0.842. The fourth-order valence-corrected chi connectivity index (χ4v) is 3.07. The number of fused-ring (bicyclic) bond motifs is 1. The van der Waals surface area contributed by atoms with Gasteiger partial charge in [-0.15, -0.1) is 0 Å². The minimum atomic E-state index is -0.438. The average Bonchev–Trinajstić information content (AvgIpc) is 2.55. The van der Waals surface area contributed by atoms with Gasteiger partial charge in [0.2, 0.25) is 0 Å². The number of hydrogen-bond acceptors (Lipinski definition) is 1. The van der Waals surface area contributed by atoms with Crippen molar-refractivity contribution >= 4 is 0 Å². The molecular formula is C15H21F2N. The largest absolute Gasteiger partial charge is 0.310 e. The summed E-state index contributed by atoms with van der Waals surface area (Å²) in [7, 11) is 0. The van der Waals surface area contributed by atoms with Crippen LogP contribution < -0.4 is 5.32 Å². The molecular weight excluding hydrogens is 232 g/mol. The van der Waals surface area contributed by atoms with Crippen LogP contribution in [0, 0.1) is 18.6 Å². The van der Waals surface area contributed by atoms with E-state index in [2.05, 4.69) is 12.2 Å². The first-order valence-corrected chi connectivity index (χ1v) is 6.61. The van der Waals surface area contributed by atoms with Gasteiger partial charge in [-0.25, -0.2) is 8.78 Å². The fourth-order valence-electron chi connectivity index (χ4n) is 3.07. The van der Waals surface area contributed by atoms with E-state index in [1.54, 1.807) is 6.92 Å². The number of hydrogen-bond donors (Lipinski definition) is 1. The molecule has 1 aromatic carbocycles. The summed E-state index contributed by atoms with van der Waals surface area (Å²) in [6.07, 6.45) is 1.84. The summed E-state index contributed by atoms with van der Waals surface area (Å²) >= 11 is 0. The van der Waals surface area contributed by atoms with Crippen LogP contribution in [0.5, 0.6) is 0 Å². The van der Waals surface area contributed by atoms with Crippen molar-refractivity contribution in [1.82, 2.24) is 5.32 Å². The molecule has 3 heteroatoms. The third kappa shape index (κ3) is 2.05. The van der Waals surface area contributed by atoms with E-state index in [1.807, 2.05) is 13.8 Å². The molecule has 0 amide bonds. The highest BCUT2D eigenvalue weighted by molar-refractivity contribution is 5.47. The van der Waals surface area contributed by atoms with E-state index in [0.29, 0.717) is 11.1 Å². The molecule has 0 saturated heterocycles. The normalized spacial score (nSPS) is 21.1. The molecule has 0 spiro atoms. The molecule has 0 heterocycles. The van der Waals surface area contributed by atoms with Crippen LogP contribution in [0.25, 0.3) is 0 Å². The first-order chi connectivity index (χ1) is 8.38. The highest BCUT2D eigenvalue weighted by atomic mass is 19.1. The maximum absolute atomic E-state index is 14.1. The average molecular weight is 253 g/mol. The van der Waals surface area contributed by atoms with E-state index < -0.39 is 11.6 Å². The molecule has 1 N–H and O–H groups in total. The Balaban J connectivity index is 2.53. The monoisotopic (exact) mass is 253 g/mol. The van der Waals surface area contributed by atoms with Gasteiger partial charge in [-0.3, -0.25) is 0 Å². The molecule has 1 aromatic rings. The van der Waals surface area contributed by atoms with Crippen molar-refractivity contribution in [3.05, 3.63) is 34.4 Å². The molecule has 1 nitrogen and oxygen atoms in total. The Labute approximate surface area is 108 Å². The highest BCUT2D eigenvalue weighted by Crippen LogP contribution is 2.47. The maximum Gasteiger partial charge on any atom is 0.130 e. The predicted octanol–water partition coefficient (Wildman–Crippen LogP) is 4.00. The molecule has 0 aliphatic heterocycles. The topological polar surface area (TPSA) is 12.0 Å². The second kappa shape index (κ2) is 4.61. The molecule has 1 atom stereocenters. The molecule has 0 saturated carbocycles. The van der Waals surface area contributed by atoms with E-state index >= 15 is 0 Å². The number of halogens is 2. The number of rotatable bonds is 3. The zero-order valence-electron chi connectivity index (χ0n) is 11.5. The van der Waals surface area contributed by atoms with Crippen molar-refractivity contribution in [2.24, 2.45) is 0 Å². The summed E-state index contributed by atoms with van der Waals surface area (Å²) in [5, 5.41) is 3.41. The third-order valence-electron chi connectivity index (χ3n) is 3.90. The molecule has 0 aromatic heterocycles. The Morgan fingerprint density at radius 2 is 2.00 bits per heavy atom. The molecule has 0 radical (unpaired) electrons. The number of nitrogens with one attached hydrogen (secondary N) is 1. The molecule has 1 aliphatic carbocycles. The number of benzene rings is 1. The van der Waals surface area contributed by atoms with Crippen LogP contribution in [-0.2, 0) is 5.41 Å². The lowest BCUT2D eigenvalue weighted by Gasteiger charge is -2.20. The molecule has 18 heavy (non-hydrogen) atoms. The van der Waals surface area contributed by atoms with Gasteiger partial charge in [-0.1, -0.05) is 20.8 Å². The zero-order chi connectivity index (χ0) is 13.5. The van der Waals surface area contributed by atoms with Gasteiger partial charge >= 0.3 is 0 Å². The zero-order valence-corrected chi connectivity index (χ0v) is 11.5. The highest BCUT2D eigenvalue weighted by Gasteiger charge is 2.40. The van der Waals surface area contributed by atoms with Gasteiger partial charge in [0.15, 0.2) is 0 Å². The smallest absolute Gasteiger partial charge is 0.130 e. The van der Waals surface area contributed by atoms with E-state index in [4.69, 9.17) is 0 Å². The van der Waals surface area contributed by atoms with Gasteiger partial charge in [-0.05, 0) is 48.4 Å². The van der Waals surface area contributed by atoms with Crippen molar-refractivity contribution < 1.29 is 8.78 Å². The Morgan fingerprint density at radius 1 is 1.33 bits per heavy atom. The summed E-state index contributed by atoms with van der Waals surface area (Å²) in [5.41, 5.74) is 1.88. The van der Waals surface area contributed by atoms with E-state index in [-0.39, 0.29) is 11.5 Å². The van der Waals surface area contributed by atoms with Gasteiger partial charge < -0.3 is 5.32 Å². The third-order valence-corrected chi connectivity index (χ3v) is 3.90. The first-order valence-electron chi connectivity index (χ1n) is 6.61. The van der Waals surface area contributed by atoms with Gasteiger partial charge in [0.05, 0.1) is 0 Å². The maximum atomic E-state index is 14.1. The van der Waals surface area contributed by atoms with Crippen molar-refractivity contribution in [3.8, 4) is 0 Å². The molecule has 2 rings (SSSR count). The fraction of sp³-hybridized carbons (Fsp3) is 0.600. The van der Waals surface area contributed by atoms with Gasteiger partial charge in [0.1, 0.15) is 11.6 Å². The van der Waals surface area contributed by atoms with E-state index in [0.717, 1.165) is 31.0 Å². The summed E-state index contributed by atoms with van der Waals surface area (Å²) in [4.78, 5) is 0. The summed E-state index contributed by atoms with van der Waals surface area (Å²) in [6, 6.07) is 1.10. The second-order valence-corrected chi connectivity index (χ2v) is 5.85. The minimum absolute atomic E-state index is 0.0696. The Bertz CT molecular complexity index is 466. The molecule has 1 unspecified atom stereocenters. The van der Waals surface area contributed by atoms with Crippen molar-refractivity contribution in [2.75, 3.05) is 6.54 Å². The van der Waals surface area contributed by atoms with Gasteiger partial charge in [0.25, 0.3) is 0 Å². The standard InChI is InChI=1S/C15H21F2N/c1-5-6-18-12-8-15(3,4)14-11(17)7-10(16)9(2)13(12)14/h7,12,18H,5-6,8H2,1-4H3. The van der Waals surface area contributed by atoms with E-state index in [1.165, 1.54) is 0 Å². The van der Waals surface area contributed by atoms with E-state index in [9.17, 15) is 8.78 Å². The SMILES string of the molecule is CCCNC1CC(C)(C)c2c(F)cc(F)c(C)c21. The molecule has 100 valence electrons. The summed E-state index contributed by atoms with van der Waals surface area (Å²) in [6.45, 7) is 8.76. The van der Waals surface area contributed by atoms with Crippen LogP contribution in [0.3, 0.4) is 0 Å². The molecule has 0 bridgehead atoms. The molecule has 1 aliphatic rings. The quantitative estimate of drug-likeness (QED) is 0.858. The van der Waals surface area contributed by atoms with Crippen LogP contribution in [-0.4, -0.2) is 6.54 Å². The van der Waals surface area contributed by atoms with Crippen LogP contribution in [0.4, 0.5) is 8.78 Å². The Morgan fingerprint density at radius 3 is 2.61 bits per heavy atom. The van der Waals surface area contributed by atoms with Gasteiger partial charge in [-0.2, -0.15) is 0 Å². The van der Waals surface area contributed by atoms with Crippen molar-refractivity contribution in [3.63, 3.8) is 0 Å². The minimum Gasteiger partial charge on any atom is -0.310 e. The lowest BCUT2D eigenvalue weighted by atomic mass is 9.85. The second-order valence-electron chi connectivity index (χ2n) is 5.85. The van der Waals surface area contributed by atoms with Crippen LogP contribution >= 0.6 is 0 Å². The molecule has 0 fully saturated rings. The Kier molecular flexibility index (Phi) is 3.45. The van der Waals surface area contributed by atoms with Gasteiger partial charge in [0, 0.05) is 12.1 Å². The van der Waals surface area contributed by atoms with Crippen LogP contribution in [0.1, 0.15) is 56.3 Å².